The van der Waals surface area contributed by atoms with Gasteiger partial charge in [0.15, 0.2) is 6.23 Å². The molecule has 0 radical (unpaired) electrons. The van der Waals surface area contributed by atoms with Gasteiger partial charge < -0.3 is 20.6 Å². The molecule has 0 spiro atoms. The van der Waals surface area contributed by atoms with Gasteiger partial charge in [-0.2, -0.15) is 5.26 Å². The molecule has 1 atom stereocenters. The minimum atomic E-state index is -1.44. The number of piperazine rings is 1. The number of pyridine rings is 2. The maximum absolute atomic E-state index is 15.1. The molecule has 4 heterocycles. The Labute approximate surface area is 249 Å². The summed E-state index contributed by atoms with van der Waals surface area (Å²) >= 11 is 6.80. The molecule has 216 valence electrons. The standard InChI is InChI=1S/C31H31ClFN7O2/c1-5-24(41)38-11-13-39(14-12-38)29-19-15-21(32)27(25-22(33)7-6-8-23(25)35)37-30(19)40(31(42)20(29)16-34)28-18(4)9-10-36-26(28)17(2)3/h5-10,15,17,31,42H,1,11-14,35H2,2-4H3. The van der Waals surface area contributed by atoms with Crippen molar-refractivity contribution in [3.05, 3.63) is 82.4 Å². The van der Waals surface area contributed by atoms with E-state index in [1.807, 2.05) is 31.7 Å². The van der Waals surface area contributed by atoms with Crippen LogP contribution in [0.2, 0.25) is 5.02 Å². The van der Waals surface area contributed by atoms with Gasteiger partial charge in [-0.25, -0.2) is 9.37 Å². The van der Waals surface area contributed by atoms with Gasteiger partial charge in [-0.3, -0.25) is 14.7 Å². The Morgan fingerprint density at radius 1 is 1.29 bits per heavy atom. The molecule has 0 aliphatic carbocycles. The van der Waals surface area contributed by atoms with Crippen LogP contribution in [0.1, 0.15) is 36.6 Å². The first-order valence-electron chi connectivity index (χ1n) is 13.6. The van der Waals surface area contributed by atoms with Crippen LogP contribution >= 0.6 is 11.6 Å². The second-order valence-electron chi connectivity index (χ2n) is 10.5. The summed E-state index contributed by atoms with van der Waals surface area (Å²) < 4.78 is 15.1. The molecule has 9 nitrogen and oxygen atoms in total. The number of hydrogen-bond acceptors (Lipinski definition) is 8. The number of carbonyl (C=O) groups excluding carboxylic acids is 1. The number of nitrogens with zero attached hydrogens (tertiary/aromatic N) is 6. The Hall–Kier alpha value is -4.46. The summed E-state index contributed by atoms with van der Waals surface area (Å²) in [6.45, 7) is 11.0. The minimum absolute atomic E-state index is 0.0316. The van der Waals surface area contributed by atoms with Crippen molar-refractivity contribution in [3.63, 3.8) is 0 Å². The Morgan fingerprint density at radius 2 is 2.00 bits per heavy atom. The number of aryl methyl sites for hydroxylation is 1. The van der Waals surface area contributed by atoms with Gasteiger partial charge in [0.05, 0.1) is 33.4 Å². The first-order valence-corrected chi connectivity index (χ1v) is 13.9. The molecule has 1 fully saturated rings. The molecular weight excluding hydrogens is 557 g/mol. The van der Waals surface area contributed by atoms with E-state index in [1.54, 1.807) is 28.1 Å². The molecule has 1 amide bonds. The monoisotopic (exact) mass is 587 g/mol. The Morgan fingerprint density at radius 3 is 2.62 bits per heavy atom. The number of nitrogen functional groups attached to an aromatic ring is 1. The number of aromatic nitrogens is 2. The van der Waals surface area contributed by atoms with Crippen molar-refractivity contribution in [2.45, 2.75) is 32.9 Å². The number of amides is 1. The molecule has 0 saturated carbocycles. The van der Waals surface area contributed by atoms with E-state index in [9.17, 15) is 15.2 Å². The number of rotatable bonds is 5. The van der Waals surface area contributed by atoms with Crippen molar-refractivity contribution < 1.29 is 14.3 Å². The van der Waals surface area contributed by atoms with Crippen molar-refractivity contribution in [3.8, 4) is 17.3 Å². The van der Waals surface area contributed by atoms with Crippen molar-refractivity contribution in [1.29, 1.82) is 5.26 Å². The van der Waals surface area contributed by atoms with Gasteiger partial charge in [0.1, 0.15) is 23.3 Å². The van der Waals surface area contributed by atoms with E-state index < -0.39 is 12.0 Å². The quantitative estimate of drug-likeness (QED) is 0.316. The normalized spacial score (nSPS) is 16.9. The number of nitriles is 1. The first-order chi connectivity index (χ1) is 20.1. The molecule has 1 saturated heterocycles. The van der Waals surface area contributed by atoms with Crippen molar-refractivity contribution in [2.75, 3.05) is 36.8 Å². The fourth-order valence-corrected chi connectivity index (χ4v) is 5.83. The van der Waals surface area contributed by atoms with Crippen LogP contribution in [-0.4, -0.2) is 63.2 Å². The molecule has 3 N–H and O–H groups in total. The maximum Gasteiger partial charge on any atom is 0.246 e. The highest BCUT2D eigenvalue weighted by atomic mass is 35.5. The Balaban J connectivity index is 1.78. The predicted molar refractivity (Wildman–Crippen MR) is 161 cm³/mol. The molecule has 0 bridgehead atoms. The van der Waals surface area contributed by atoms with Gasteiger partial charge in [0, 0.05) is 43.6 Å². The average molecular weight is 588 g/mol. The van der Waals surface area contributed by atoms with E-state index in [2.05, 4.69) is 17.6 Å². The smallest absolute Gasteiger partial charge is 0.246 e. The van der Waals surface area contributed by atoms with E-state index in [1.165, 1.54) is 18.2 Å². The Bertz CT molecular complexity index is 1640. The zero-order chi connectivity index (χ0) is 30.3. The summed E-state index contributed by atoms with van der Waals surface area (Å²) in [6.07, 6.45) is 1.53. The van der Waals surface area contributed by atoms with Gasteiger partial charge in [-0.05, 0) is 48.7 Å². The number of aliphatic hydroxyl groups excluding tert-OH is 1. The van der Waals surface area contributed by atoms with Crippen molar-refractivity contribution >= 4 is 40.4 Å². The van der Waals surface area contributed by atoms with Crippen LogP contribution in [0.5, 0.6) is 0 Å². The van der Waals surface area contributed by atoms with Crippen LogP contribution in [0.15, 0.2) is 54.8 Å². The zero-order valence-electron chi connectivity index (χ0n) is 23.6. The van der Waals surface area contributed by atoms with Crippen LogP contribution in [0.3, 0.4) is 0 Å². The largest absolute Gasteiger partial charge is 0.398 e. The number of carbonyl (C=O) groups is 1. The van der Waals surface area contributed by atoms with Gasteiger partial charge in [0.25, 0.3) is 0 Å². The SMILES string of the molecule is C=CC(=O)N1CCN(C2=C(C#N)C(O)N(c3c(C)ccnc3C(C)C)c3nc(-c4c(N)cccc4F)c(Cl)cc32)CC1. The van der Waals surface area contributed by atoms with E-state index in [0.717, 1.165) is 5.56 Å². The summed E-state index contributed by atoms with van der Waals surface area (Å²) in [5.74, 6) is -0.522. The number of fused-ring (bicyclic) bond motifs is 1. The van der Waals surface area contributed by atoms with E-state index in [-0.39, 0.29) is 45.2 Å². The Kier molecular flexibility index (Phi) is 7.91. The average Bonchev–Trinajstić information content (AvgIpc) is 2.97. The summed E-state index contributed by atoms with van der Waals surface area (Å²) in [7, 11) is 0. The molecule has 42 heavy (non-hydrogen) atoms. The van der Waals surface area contributed by atoms with Crippen LogP contribution in [0.4, 0.5) is 21.6 Å². The molecule has 5 rings (SSSR count). The molecule has 1 aromatic carbocycles. The third kappa shape index (κ3) is 4.85. The second kappa shape index (κ2) is 11.4. The summed E-state index contributed by atoms with van der Waals surface area (Å²) in [5.41, 5.74) is 9.63. The first kappa shape index (κ1) is 29.0. The maximum atomic E-state index is 15.1. The van der Waals surface area contributed by atoms with E-state index in [4.69, 9.17) is 22.3 Å². The highest BCUT2D eigenvalue weighted by molar-refractivity contribution is 6.33. The molecule has 2 aliphatic rings. The van der Waals surface area contributed by atoms with Crippen LogP contribution in [0, 0.1) is 24.1 Å². The van der Waals surface area contributed by atoms with Crippen LogP contribution in [-0.2, 0) is 4.79 Å². The van der Waals surface area contributed by atoms with Gasteiger partial charge in [-0.1, -0.05) is 38.1 Å². The lowest BCUT2D eigenvalue weighted by Gasteiger charge is -2.43. The fourth-order valence-electron chi connectivity index (χ4n) is 5.58. The highest BCUT2D eigenvalue weighted by Gasteiger charge is 2.40. The number of halogens is 2. The highest BCUT2D eigenvalue weighted by Crippen LogP contribution is 2.47. The van der Waals surface area contributed by atoms with Gasteiger partial charge in [0.2, 0.25) is 5.91 Å². The zero-order valence-corrected chi connectivity index (χ0v) is 24.4. The predicted octanol–water partition coefficient (Wildman–Crippen LogP) is 4.99. The lowest BCUT2D eigenvalue weighted by molar-refractivity contribution is -0.127. The van der Waals surface area contributed by atoms with Crippen molar-refractivity contribution in [1.82, 2.24) is 19.8 Å². The topological polar surface area (TPSA) is 123 Å². The van der Waals surface area contributed by atoms with Gasteiger partial charge >= 0.3 is 0 Å². The summed E-state index contributed by atoms with van der Waals surface area (Å²) in [4.78, 5) is 26.9. The summed E-state index contributed by atoms with van der Waals surface area (Å²) in [5, 5.41) is 22.5. The fraction of sp³-hybridized carbons (Fsp3) is 0.290. The number of nitrogens with two attached hydrogens (primary N) is 1. The minimum Gasteiger partial charge on any atom is -0.398 e. The van der Waals surface area contributed by atoms with Crippen LogP contribution in [0.25, 0.3) is 17.0 Å². The number of hydrogen-bond donors (Lipinski definition) is 2. The molecule has 1 unspecified atom stereocenters. The second-order valence-corrected chi connectivity index (χ2v) is 11.0. The summed E-state index contributed by atoms with van der Waals surface area (Å²) in [6, 6.07) is 10.0. The molecule has 11 heteroatoms. The third-order valence-corrected chi connectivity index (χ3v) is 7.91. The van der Waals surface area contributed by atoms with Crippen LogP contribution < -0.4 is 10.6 Å². The van der Waals surface area contributed by atoms with Crippen molar-refractivity contribution in [2.24, 2.45) is 0 Å². The number of anilines is 3. The number of benzene rings is 1. The van der Waals surface area contributed by atoms with E-state index in [0.29, 0.717) is 48.8 Å². The molecule has 2 aromatic heterocycles. The molecule has 2 aliphatic heterocycles. The lowest BCUT2D eigenvalue weighted by atomic mass is 9.94. The number of aliphatic hydroxyl groups is 1. The molecule has 3 aromatic rings. The van der Waals surface area contributed by atoms with Gasteiger partial charge in [-0.15, -0.1) is 0 Å². The third-order valence-electron chi connectivity index (χ3n) is 7.62. The van der Waals surface area contributed by atoms with E-state index >= 15 is 4.39 Å². The lowest BCUT2D eigenvalue weighted by Crippen LogP contribution is -2.49. The molecular formula is C31H31ClFN7O2.